The summed E-state index contributed by atoms with van der Waals surface area (Å²) in [5.41, 5.74) is 5.07. The van der Waals surface area contributed by atoms with Crippen molar-refractivity contribution in [2.75, 3.05) is 0 Å². The van der Waals surface area contributed by atoms with Gasteiger partial charge in [0.1, 0.15) is 18.3 Å². The third-order valence-corrected chi connectivity index (χ3v) is 3.95. The van der Waals surface area contributed by atoms with E-state index in [2.05, 4.69) is 6.92 Å². The molecule has 1 saturated heterocycles. The first kappa shape index (κ1) is 18.3. The summed E-state index contributed by atoms with van der Waals surface area (Å²) < 4.78 is 5.08. The number of ether oxygens (including phenoxy) is 1. The van der Waals surface area contributed by atoms with E-state index in [-0.39, 0.29) is 6.42 Å². The van der Waals surface area contributed by atoms with E-state index in [1.807, 2.05) is 0 Å². The highest BCUT2D eigenvalue weighted by Gasteiger charge is 2.53. The summed E-state index contributed by atoms with van der Waals surface area (Å²) in [6.07, 6.45) is -0.671. The predicted molar refractivity (Wildman–Crippen MR) is 75.0 cm³/mol. The van der Waals surface area contributed by atoms with Gasteiger partial charge in [0.15, 0.2) is 11.9 Å². The molecule has 0 bridgehead atoms. The largest absolute Gasteiger partial charge is 0.387 e. The molecule has 1 fully saturated rings. The molecule has 0 saturated carbocycles. The van der Waals surface area contributed by atoms with E-state index < -0.39 is 36.1 Å². The van der Waals surface area contributed by atoms with E-state index >= 15 is 0 Å². The van der Waals surface area contributed by atoms with Gasteiger partial charge in [0, 0.05) is 6.42 Å². The van der Waals surface area contributed by atoms with Crippen LogP contribution in [0.4, 0.5) is 0 Å². The highest BCUT2D eigenvalue weighted by atomic mass is 16.7. The van der Waals surface area contributed by atoms with Gasteiger partial charge in [-0.1, -0.05) is 39.0 Å². The highest BCUT2D eigenvalue weighted by Crippen LogP contribution is 2.32. The molecule has 0 aromatic carbocycles. The number of aliphatic hydroxyl groups excluding tert-OH is 3. The first-order chi connectivity index (χ1) is 9.83. The van der Waals surface area contributed by atoms with Gasteiger partial charge in [-0.15, -0.1) is 0 Å². The fourth-order valence-electron chi connectivity index (χ4n) is 2.58. The molecule has 1 rings (SSSR count). The number of hydrogen-bond acceptors (Lipinski definition) is 6. The lowest BCUT2D eigenvalue weighted by Crippen LogP contribution is -2.66. The number of amides is 1. The Kier molecular flexibility index (Phi) is 7.02. The van der Waals surface area contributed by atoms with Crippen LogP contribution >= 0.6 is 0 Å². The molecular weight excluding hydrogens is 278 g/mol. The molecule has 1 heterocycles. The molecular formula is C14H27NO6. The number of rotatable bonds is 8. The Morgan fingerprint density at radius 2 is 1.67 bits per heavy atom. The van der Waals surface area contributed by atoms with Crippen LogP contribution in [0.5, 0.6) is 0 Å². The molecule has 7 heteroatoms. The standard InChI is InChI=1S/C14H27NO6/c1-2-3-4-5-6-7-8-14(20)12(18)10(17)9(16)11(21-14)13(15)19/h9-12,16-18,20H,2-8H2,1H3,(H2,15,19)/t9-,10-,11-,12+,14+/m0/s1. The zero-order valence-electron chi connectivity index (χ0n) is 12.4. The lowest BCUT2D eigenvalue weighted by atomic mass is 9.89. The molecule has 1 aliphatic rings. The van der Waals surface area contributed by atoms with Gasteiger partial charge in [-0.2, -0.15) is 0 Å². The van der Waals surface area contributed by atoms with Crippen LogP contribution in [-0.4, -0.2) is 56.5 Å². The fourth-order valence-corrected chi connectivity index (χ4v) is 2.58. The number of aliphatic hydroxyl groups is 4. The number of nitrogens with two attached hydrogens (primary N) is 1. The van der Waals surface area contributed by atoms with E-state index in [1.165, 1.54) is 0 Å². The van der Waals surface area contributed by atoms with E-state index in [4.69, 9.17) is 10.5 Å². The summed E-state index contributed by atoms with van der Waals surface area (Å²) in [6, 6.07) is 0. The van der Waals surface area contributed by atoms with Crippen molar-refractivity contribution in [3.05, 3.63) is 0 Å². The van der Waals surface area contributed by atoms with Crippen LogP contribution in [0, 0.1) is 0 Å². The first-order valence-corrected chi connectivity index (χ1v) is 7.57. The van der Waals surface area contributed by atoms with Crippen molar-refractivity contribution in [3.63, 3.8) is 0 Å². The van der Waals surface area contributed by atoms with Gasteiger partial charge in [-0.05, 0) is 6.42 Å². The summed E-state index contributed by atoms with van der Waals surface area (Å²) in [6.45, 7) is 2.12. The molecule has 0 aromatic rings. The Morgan fingerprint density at radius 3 is 2.24 bits per heavy atom. The maximum Gasteiger partial charge on any atom is 0.249 e. The molecule has 0 aliphatic carbocycles. The Balaban J connectivity index is 2.54. The topological polar surface area (TPSA) is 133 Å². The molecule has 0 radical (unpaired) electrons. The Hall–Kier alpha value is -0.730. The van der Waals surface area contributed by atoms with Gasteiger partial charge in [-0.25, -0.2) is 0 Å². The minimum Gasteiger partial charge on any atom is -0.387 e. The van der Waals surface area contributed by atoms with Crippen LogP contribution in [0.1, 0.15) is 51.9 Å². The molecule has 21 heavy (non-hydrogen) atoms. The van der Waals surface area contributed by atoms with Crippen LogP contribution < -0.4 is 5.73 Å². The zero-order valence-corrected chi connectivity index (χ0v) is 12.4. The van der Waals surface area contributed by atoms with Crippen molar-refractivity contribution in [1.82, 2.24) is 0 Å². The molecule has 0 spiro atoms. The number of hydrogen-bond donors (Lipinski definition) is 5. The van der Waals surface area contributed by atoms with Crippen molar-refractivity contribution in [3.8, 4) is 0 Å². The smallest absolute Gasteiger partial charge is 0.249 e. The van der Waals surface area contributed by atoms with E-state index in [1.54, 1.807) is 0 Å². The molecule has 1 amide bonds. The van der Waals surface area contributed by atoms with Crippen LogP contribution in [0.15, 0.2) is 0 Å². The molecule has 0 unspecified atom stereocenters. The Bertz CT molecular complexity index is 339. The molecule has 1 aliphatic heterocycles. The summed E-state index contributed by atoms with van der Waals surface area (Å²) in [7, 11) is 0. The van der Waals surface area contributed by atoms with Gasteiger partial charge in [0.05, 0.1) is 0 Å². The van der Waals surface area contributed by atoms with Gasteiger partial charge >= 0.3 is 0 Å². The third-order valence-electron chi connectivity index (χ3n) is 3.95. The second kappa shape index (κ2) is 8.05. The van der Waals surface area contributed by atoms with Crippen molar-refractivity contribution in [1.29, 1.82) is 0 Å². The van der Waals surface area contributed by atoms with Gasteiger partial charge in [0.25, 0.3) is 0 Å². The monoisotopic (exact) mass is 305 g/mol. The van der Waals surface area contributed by atoms with Gasteiger partial charge in [0.2, 0.25) is 5.91 Å². The van der Waals surface area contributed by atoms with Crippen LogP contribution in [-0.2, 0) is 9.53 Å². The normalized spacial score (nSPS) is 36.6. The highest BCUT2D eigenvalue weighted by molar-refractivity contribution is 5.79. The fraction of sp³-hybridized carbons (Fsp3) is 0.929. The molecule has 7 nitrogen and oxygen atoms in total. The SMILES string of the molecule is CCCCCCCC[C@@]1(O)O[C@H](C(N)=O)[C@@H](O)[C@H](O)[C@H]1O. The Labute approximate surface area is 124 Å². The number of carbonyl (C=O) groups is 1. The van der Waals surface area contributed by atoms with Crippen molar-refractivity contribution in [2.45, 2.75) is 82.1 Å². The van der Waals surface area contributed by atoms with Crippen LogP contribution in [0.3, 0.4) is 0 Å². The molecule has 124 valence electrons. The molecule has 6 N–H and O–H groups in total. The molecule has 5 atom stereocenters. The summed E-state index contributed by atoms with van der Waals surface area (Å²) >= 11 is 0. The minimum atomic E-state index is -2.07. The lowest BCUT2D eigenvalue weighted by molar-refractivity contribution is -0.340. The zero-order chi connectivity index (χ0) is 16.0. The second-order valence-electron chi connectivity index (χ2n) is 5.73. The summed E-state index contributed by atoms with van der Waals surface area (Å²) in [4.78, 5) is 11.2. The van der Waals surface area contributed by atoms with Crippen molar-refractivity contribution >= 4 is 5.91 Å². The lowest BCUT2D eigenvalue weighted by Gasteiger charge is -2.44. The first-order valence-electron chi connectivity index (χ1n) is 7.57. The Morgan fingerprint density at radius 1 is 1.10 bits per heavy atom. The number of carbonyl (C=O) groups excluding carboxylic acids is 1. The van der Waals surface area contributed by atoms with Gasteiger partial charge < -0.3 is 30.9 Å². The molecule has 0 aromatic heterocycles. The van der Waals surface area contributed by atoms with Crippen LogP contribution in [0.25, 0.3) is 0 Å². The van der Waals surface area contributed by atoms with Gasteiger partial charge in [-0.3, -0.25) is 4.79 Å². The predicted octanol–water partition coefficient (Wildman–Crippen LogP) is -0.608. The van der Waals surface area contributed by atoms with Crippen molar-refractivity contribution < 1.29 is 30.0 Å². The average Bonchev–Trinajstić information content (AvgIpc) is 2.44. The number of unbranched alkanes of at least 4 members (excludes halogenated alkanes) is 5. The number of primary amides is 1. The van der Waals surface area contributed by atoms with Crippen LogP contribution in [0.2, 0.25) is 0 Å². The van der Waals surface area contributed by atoms with E-state index in [0.29, 0.717) is 6.42 Å². The van der Waals surface area contributed by atoms with E-state index in [0.717, 1.165) is 32.1 Å². The van der Waals surface area contributed by atoms with Crippen molar-refractivity contribution in [2.24, 2.45) is 5.73 Å². The summed E-state index contributed by atoms with van der Waals surface area (Å²) in [5.74, 6) is -3.06. The average molecular weight is 305 g/mol. The second-order valence-corrected chi connectivity index (χ2v) is 5.73. The summed E-state index contributed by atoms with van der Waals surface area (Å²) in [5, 5.41) is 39.5. The maximum atomic E-state index is 11.2. The minimum absolute atomic E-state index is 0.0633. The maximum absolute atomic E-state index is 11.2. The third kappa shape index (κ3) is 4.62. The quantitative estimate of drug-likeness (QED) is 0.380. The van der Waals surface area contributed by atoms with E-state index in [9.17, 15) is 25.2 Å².